The van der Waals surface area contributed by atoms with Gasteiger partial charge in [-0.05, 0) is 58.4 Å². The SMILES string of the molecule is CC(C)NCC(Cc1ccccc1)Cc1cncc(Br)c1. The van der Waals surface area contributed by atoms with Crippen LogP contribution in [0.4, 0.5) is 0 Å². The predicted molar refractivity (Wildman–Crippen MR) is 92.4 cm³/mol. The first-order valence-electron chi connectivity index (χ1n) is 7.50. The van der Waals surface area contributed by atoms with Crippen LogP contribution in [0.5, 0.6) is 0 Å². The van der Waals surface area contributed by atoms with Gasteiger partial charge in [-0.2, -0.15) is 0 Å². The zero-order chi connectivity index (χ0) is 15.1. The van der Waals surface area contributed by atoms with E-state index in [1.807, 2.05) is 12.4 Å². The second-order valence-electron chi connectivity index (χ2n) is 5.83. The van der Waals surface area contributed by atoms with E-state index in [2.05, 4.69) is 76.5 Å². The summed E-state index contributed by atoms with van der Waals surface area (Å²) in [5.74, 6) is 0.575. The van der Waals surface area contributed by atoms with E-state index < -0.39 is 0 Å². The van der Waals surface area contributed by atoms with Crippen LogP contribution in [0.25, 0.3) is 0 Å². The molecule has 1 heterocycles. The van der Waals surface area contributed by atoms with Gasteiger partial charge in [0.25, 0.3) is 0 Å². The Morgan fingerprint density at radius 3 is 2.43 bits per heavy atom. The van der Waals surface area contributed by atoms with Crippen molar-refractivity contribution in [3.8, 4) is 0 Å². The fourth-order valence-corrected chi connectivity index (χ4v) is 2.88. The predicted octanol–water partition coefficient (Wildman–Crippen LogP) is 4.24. The first-order chi connectivity index (χ1) is 10.1. The van der Waals surface area contributed by atoms with E-state index in [1.54, 1.807) is 0 Å². The van der Waals surface area contributed by atoms with Crippen molar-refractivity contribution in [2.75, 3.05) is 6.54 Å². The zero-order valence-electron chi connectivity index (χ0n) is 12.7. The van der Waals surface area contributed by atoms with Crippen LogP contribution < -0.4 is 5.32 Å². The Labute approximate surface area is 136 Å². The molecule has 112 valence electrons. The minimum atomic E-state index is 0.518. The Hall–Kier alpha value is -1.19. The topological polar surface area (TPSA) is 24.9 Å². The van der Waals surface area contributed by atoms with E-state index in [1.165, 1.54) is 11.1 Å². The van der Waals surface area contributed by atoms with Crippen LogP contribution in [0.3, 0.4) is 0 Å². The number of rotatable bonds is 7. The molecule has 1 aromatic heterocycles. The van der Waals surface area contributed by atoms with Gasteiger partial charge in [-0.1, -0.05) is 44.2 Å². The maximum Gasteiger partial charge on any atom is 0.0410 e. The normalized spacial score (nSPS) is 12.6. The molecular weight excluding hydrogens is 324 g/mol. The highest BCUT2D eigenvalue weighted by atomic mass is 79.9. The third-order valence-electron chi connectivity index (χ3n) is 3.47. The Balaban J connectivity index is 2.04. The summed E-state index contributed by atoms with van der Waals surface area (Å²) in [5, 5.41) is 3.57. The molecule has 0 spiro atoms. The molecule has 2 rings (SSSR count). The molecule has 1 atom stereocenters. The van der Waals surface area contributed by atoms with Crippen molar-refractivity contribution in [2.24, 2.45) is 5.92 Å². The maximum absolute atomic E-state index is 4.27. The molecule has 2 nitrogen and oxygen atoms in total. The number of hydrogen-bond donors (Lipinski definition) is 1. The maximum atomic E-state index is 4.27. The molecule has 21 heavy (non-hydrogen) atoms. The van der Waals surface area contributed by atoms with Gasteiger partial charge in [-0.25, -0.2) is 0 Å². The summed E-state index contributed by atoms with van der Waals surface area (Å²) in [5.41, 5.74) is 2.69. The highest BCUT2D eigenvalue weighted by Crippen LogP contribution is 2.17. The van der Waals surface area contributed by atoms with Crippen molar-refractivity contribution in [3.63, 3.8) is 0 Å². The van der Waals surface area contributed by atoms with Gasteiger partial charge in [0.05, 0.1) is 0 Å². The summed E-state index contributed by atoms with van der Waals surface area (Å²) in [4.78, 5) is 4.27. The van der Waals surface area contributed by atoms with Crippen LogP contribution in [-0.4, -0.2) is 17.6 Å². The number of nitrogens with one attached hydrogen (secondary N) is 1. The molecule has 2 aromatic rings. The molecule has 0 radical (unpaired) electrons. The molecule has 0 saturated carbocycles. The average Bonchev–Trinajstić information content (AvgIpc) is 2.46. The van der Waals surface area contributed by atoms with Gasteiger partial charge in [0, 0.05) is 22.9 Å². The lowest BCUT2D eigenvalue weighted by atomic mass is 9.93. The smallest absolute Gasteiger partial charge is 0.0410 e. The summed E-state index contributed by atoms with van der Waals surface area (Å²) >= 11 is 3.50. The molecule has 0 amide bonds. The average molecular weight is 347 g/mol. The van der Waals surface area contributed by atoms with E-state index in [0.717, 1.165) is 23.9 Å². The summed E-state index contributed by atoms with van der Waals surface area (Å²) in [6.07, 6.45) is 5.94. The van der Waals surface area contributed by atoms with E-state index >= 15 is 0 Å². The fourth-order valence-electron chi connectivity index (χ4n) is 2.47. The summed E-state index contributed by atoms with van der Waals surface area (Å²) < 4.78 is 1.05. The second kappa shape index (κ2) is 8.30. The Bertz CT molecular complexity index is 540. The van der Waals surface area contributed by atoms with E-state index in [9.17, 15) is 0 Å². The monoisotopic (exact) mass is 346 g/mol. The minimum Gasteiger partial charge on any atom is -0.314 e. The molecule has 1 aromatic carbocycles. The summed E-state index contributed by atoms with van der Waals surface area (Å²) in [7, 11) is 0. The Kier molecular flexibility index (Phi) is 6.40. The van der Waals surface area contributed by atoms with Crippen LogP contribution in [0.2, 0.25) is 0 Å². The third kappa shape index (κ3) is 5.98. The van der Waals surface area contributed by atoms with Crippen molar-refractivity contribution < 1.29 is 0 Å². The largest absolute Gasteiger partial charge is 0.314 e. The number of halogens is 1. The fraction of sp³-hybridized carbons (Fsp3) is 0.389. The van der Waals surface area contributed by atoms with Gasteiger partial charge in [-0.3, -0.25) is 4.98 Å². The van der Waals surface area contributed by atoms with Gasteiger partial charge < -0.3 is 5.32 Å². The van der Waals surface area contributed by atoms with Crippen LogP contribution in [0, 0.1) is 5.92 Å². The van der Waals surface area contributed by atoms with E-state index in [4.69, 9.17) is 0 Å². The first-order valence-corrected chi connectivity index (χ1v) is 8.29. The van der Waals surface area contributed by atoms with E-state index in [0.29, 0.717) is 12.0 Å². The second-order valence-corrected chi connectivity index (χ2v) is 6.75. The molecular formula is C18H23BrN2. The number of hydrogen-bond acceptors (Lipinski definition) is 2. The quantitative estimate of drug-likeness (QED) is 0.810. The van der Waals surface area contributed by atoms with Crippen LogP contribution in [0.1, 0.15) is 25.0 Å². The zero-order valence-corrected chi connectivity index (χ0v) is 14.3. The molecule has 0 saturated heterocycles. The number of pyridine rings is 1. The highest BCUT2D eigenvalue weighted by molar-refractivity contribution is 9.10. The standard InChI is InChI=1S/C18H23BrN2/c1-14(2)21-12-16(8-15-6-4-3-5-7-15)9-17-10-18(19)13-20-11-17/h3-7,10-11,13-14,16,21H,8-9,12H2,1-2H3. The van der Waals surface area contributed by atoms with Crippen molar-refractivity contribution in [3.05, 3.63) is 64.4 Å². The molecule has 0 aliphatic heterocycles. The van der Waals surface area contributed by atoms with Gasteiger partial charge in [0.15, 0.2) is 0 Å². The van der Waals surface area contributed by atoms with Crippen molar-refractivity contribution in [2.45, 2.75) is 32.7 Å². The van der Waals surface area contributed by atoms with Crippen molar-refractivity contribution in [1.82, 2.24) is 10.3 Å². The lowest BCUT2D eigenvalue weighted by Gasteiger charge is -2.19. The molecule has 0 aliphatic carbocycles. The van der Waals surface area contributed by atoms with Gasteiger partial charge in [0.1, 0.15) is 0 Å². The van der Waals surface area contributed by atoms with Crippen molar-refractivity contribution in [1.29, 1.82) is 0 Å². The number of nitrogens with zero attached hydrogens (tertiary/aromatic N) is 1. The molecule has 1 unspecified atom stereocenters. The lowest BCUT2D eigenvalue weighted by Crippen LogP contribution is -2.31. The van der Waals surface area contributed by atoms with Crippen molar-refractivity contribution >= 4 is 15.9 Å². The van der Waals surface area contributed by atoms with Gasteiger partial charge >= 0.3 is 0 Å². The molecule has 0 aliphatic rings. The highest BCUT2D eigenvalue weighted by Gasteiger charge is 2.12. The molecule has 1 N–H and O–H groups in total. The van der Waals surface area contributed by atoms with Crippen LogP contribution in [0.15, 0.2) is 53.3 Å². The Morgan fingerprint density at radius 1 is 1.05 bits per heavy atom. The Morgan fingerprint density at radius 2 is 1.76 bits per heavy atom. The van der Waals surface area contributed by atoms with Gasteiger partial charge in [0.2, 0.25) is 0 Å². The number of benzene rings is 1. The van der Waals surface area contributed by atoms with Gasteiger partial charge in [-0.15, -0.1) is 0 Å². The molecule has 0 bridgehead atoms. The molecule has 0 fully saturated rings. The van der Waals surface area contributed by atoms with Crippen LogP contribution in [-0.2, 0) is 12.8 Å². The third-order valence-corrected chi connectivity index (χ3v) is 3.90. The lowest BCUT2D eigenvalue weighted by molar-refractivity contribution is 0.444. The van der Waals surface area contributed by atoms with Crippen LogP contribution >= 0.6 is 15.9 Å². The number of aromatic nitrogens is 1. The van der Waals surface area contributed by atoms with E-state index in [-0.39, 0.29) is 0 Å². The summed E-state index contributed by atoms with van der Waals surface area (Å²) in [6, 6.07) is 13.4. The first kappa shape index (κ1) is 16.2. The minimum absolute atomic E-state index is 0.518. The molecule has 3 heteroatoms. The summed E-state index contributed by atoms with van der Waals surface area (Å²) in [6.45, 7) is 5.42.